The lowest BCUT2D eigenvalue weighted by Gasteiger charge is -2.00. The first-order valence-electron chi connectivity index (χ1n) is 3.82. The summed E-state index contributed by atoms with van der Waals surface area (Å²) in [6.07, 6.45) is 4.06. The predicted octanol–water partition coefficient (Wildman–Crippen LogP) is 2.99. The van der Waals surface area contributed by atoms with Gasteiger partial charge in [-0.05, 0) is 24.6 Å². The molecule has 0 fully saturated rings. The van der Waals surface area contributed by atoms with Gasteiger partial charge in [-0.1, -0.05) is 39.7 Å². The summed E-state index contributed by atoms with van der Waals surface area (Å²) in [5.41, 5.74) is 8.92. The molecule has 0 spiro atoms. The zero-order chi connectivity index (χ0) is 8.97. The number of allylic oxidation sites excluding steroid dienone is 1. The lowest BCUT2D eigenvalue weighted by Crippen LogP contribution is -1.89. The molecule has 12 heavy (non-hydrogen) atoms. The number of benzene rings is 1. The average Bonchev–Trinajstić information content (AvgIpc) is 2.07. The van der Waals surface area contributed by atoms with Crippen LogP contribution in [0, 0.1) is 6.92 Å². The van der Waals surface area contributed by atoms with Gasteiger partial charge in [0.25, 0.3) is 0 Å². The Bertz CT molecular complexity index is 292. The SMILES string of the molecule is Cc1ccc(N)c(C=CCBr)c1. The van der Waals surface area contributed by atoms with Gasteiger partial charge in [0.2, 0.25) is 0 Å². The second kappa shape index (κ2) is 4.31. The molecule has 0 saturated carbocycles. The van der Waals surface area contributed by atoms with E-state index in [2.05, 4.69) is 28.9 Å². The van der Waals surface area contributed by atoms with Crippen LogP contribution in [0.25, 0.3) is 6.08 Å². The van der Waals surface area contributed by atoms with Gasteiger partial charge in [-0.25, -0.2) is 0 Å². The van der Waals surface area contributed by atoms with Crippen molar-refractivity contribution in [2.45, 2.75) is 6.92 Å². The molecule has 1 aromatic rings. The number of aryl methyl sites for hydroxylation is 1. The molecule has 0 saturated heterocycles. The highest BCUT2D eigenvalue weighted by atomic mass is 79.9. The predicted molar refractivity (Wildman–Crippen MR) is 58.4 cm³/mol. The van der Waals surface area contributed by atoms with Crippen molar-refractivity contribution in [2.24, 2.45) is 0 Å². The molecule has 2 N–H and O–H groups in total. The molecule has 0 unspecified atom stereocenters. The number of hydrogen-bond donors (Lipinski definition) is 1. The summed E-state index contributed by atoms with van der Waals surface area (Å²) in [7, 11) is 0. The minimum atomic E-state index is 0.831. The zero-order valence-corrected chi connectivity index (χ0v) is 8.64. The van der Waals surface area contributed by atoms with Crippen LogP contribution >= 0.6 is 15.9 Å². The first-order chi connectivity index (χ1) is 5.74. The van der Waals surface area contributed by atoms with Crippen LogP contribution in [0.15, 0.2) is 24.3 Å². The van der Waals surface area contributed by atoms with Crippen LogP contribution in [-0.4, -0.2) is 5.33 Å². The number of hydrogen-bond acceptors (Lipinski definition) is 1. The van der Waals surface area contributed by atoms with Crippen LogP contribution < -0.4 is 5.73 Å². The summed E-state index contributed by atoms with van der Waals surface area (Å²) in [6, 6.07) is 6.03. The Morgan fingerprint density at radius 3 is 2.92 bits per heavy atom. The maximum absolute atomic E-state index is 5.76. The van der Waals surface area contributed by atoms with Gasteiger partial charge < -0.3 is 5.73 Å². The molecular weight excluding hydrogens is 214 g/mol. The molecule has 1 aromatic carbocycles. The van der Waals surface area contributed by atoms with Crippen LogP contribution in [0.5, 0.6) is 0 Å². The van der Waals surface area contributed by atoms with Gasteiger partial charge in [0, 0.05) is 11.0 Å². The van der Waals surface area contributed by atoms with E-state index in [1.807, 2.05) is 24.3 Å². The van der Waals surface area contributed by atoms with Crippen molar-refractivity contribution in [2.75, 3.05) is 11.1 Å². The third kappa shape index (κ3) is 2.38. The summed E-state index contributed by atoms with van der Waals surface area (Å²) in [6.45, 7) is 2.06. The molecule has 1 rings (SSSR count). The summed E-state index contributed by atoms with van der Waals surface area (Å²) in [4.78, 5) is 0. The number of halogens is 1. The Morgan fingerprint density at radius 1 is 1.50 bits per heavy atom. The van der Waals surface area contributed by atoms with Crippen LogP contribution in [0.4, 0.5) is 5.69 Å². The highest BCUT2D eigenvalue weighted by Gasteiger charge is 1.93. The number of anilines is 1. The largest absolute Gasteiger partial charge is 0.398 e. The van der Waals surface area contributed by atoms with Crippen molar-refractivity contribution in [3.63, 3.8) is 0 Å². The fourth-order valence-electron chi connectivity index (χ4n) is 1.01. The maximum Gasteiger partial charge on any atom is 0.0387 e. The van der Waals surface area contributed by atoms with Crippen LogP contribution in [0.1, 0.15) is 11.1 Å². The first-order valence-corrected chi connectivity index (χ1v) is 4.95. The summed E-state index contributed by atoms with van der Waals surface area (Å²) >= 11 is 3.32. The normalized spacial score (nSPS) is 10.8. The van der Waals surface area contributed by atoms with E-state index in [9.17, 15) is 0 Å². The van der Waals surface area contributed by atoms with Crippen molar-refractivity contribution in [3.05, 3.63) is 35.4 Å². The molecule has 64 valence electrons. The fourth-order valence-corrected chi connectivity index (χ4v) is 1.20. The third-order valence-electron chi connectivity index (χ3n) is 1.63. The van der Waals surface area contributed by atoms with E-state index < -0.39 is 0 Å². The van der Waals surface area contributed by atoms with Crippen molar-refractivity contribution < 1.29 is 0 Å². The number of alkyl halides is 1. The van der Waals surface area contributed by atoms with E-state index in [-0.39, 0.29) is 0 Å². The Labute approximate surface area is 81.4 Å². The van der Waals surface area contributed by atoms with E-state index in [1.54, 1.807) is 0 Å². The van der Waals surface area contributed by atoms with Crippen LogP contribution in [-0.2, 0) is 0 Å². The van der Waals surface area contributed by atoms with E-state index in [4.69, 9.17) is 5.73 Å². The Kier molecular flexibility index (Phi) is 3.35. The second-order valence-electron chi connectivity index (χ2n) is 2.69. The lowest BCUT2D eigenvalue weighted by atomic mass is 10.1. The minimum Gasteiger partial charge on any atom is -0.398 e. The van der Waals surface area contributed by atoms with Crippen molar-refractivity contribution >= 4 is 27.7 Å². The van der Waals surface area contributed by atoms with Gasteiger partial charge in [0.1, 0.15) is 0 Å². The summed E-state index contributed by atoms with van der Waals surface area (Å²) < 4.78 is 0. The van der Waals surface area contributed by atoms with E-state index in [0.717, 1.165) is 16.6 Å². The molecule has 1 nitrogen and oxygen atoms in total. The van der Waals surface area contributed by atoms with Gasteiger partial charge in [-0.2, -0.15) is 0 Å². The molecule has 2 heteroatoms. The van der Waals surface area contributed by atoms with Crippen molar-refractivity contribution in [3.8, 4) is 0 Å². The van der Waals surface area contributed by atoms with Gasteiger partial charge in [-0.3, -0.25) is 0 Å². The minimum absolute atomic E-state index is 0.831. The zero-order valence-electron chi connectivity index (χ0n) is 7.05. The summed E-state index contributed by atoms with van der Waals surface area (Å²) in [5, 5.41) is 0.861. The molecule has 0 heterocycles. The van der Waals surface area contributed by atoms with E-state index in [0.29, 0.717) is 0 Å². The Balaban J connectivity index is 2.97. The van der Waals surface area contributed by atoms with Gasteiger partial charge >= 0.3 is 0 Å². The smallest absolute Gasteiger partial charge is 0.0387 e. The molecule has 0 radical (unpaired) electrons. The number of rotatable bonds is 2. The molecule has 0 aliphatic carbocycles. The first kappa shape index (κ1) is 9.33. The van der Waals surface area contributed by atoms with E-state index >= 15 is 0 Å². The molecule has 0 aromatic heterocycles. The van der Waals surface area contributed by atoms with E-state index in [1.165, 1.54) is 5.56 Å². The second-order valence-corrected chi connectivity index (χ2v) is 3.34. The van der Waals surface area contributed by atoms with Gasteiger partial charge in [0.05, 0.1) is 0 Å². The topological polar surface area (TPSA) is 26.0 Å². The van der Waals surface area contributed by atoms with Crippen molar-refractivity contribution in [1.29, 1.82) is 0 Å². The van der Waals surface area contributed by atoms with Crippen molar-refractivity contribution in [1.82, 2.24) is 0 Å². The van der Waals surface area contributed by atoms with Gasteiger partial charge in [-0.15, -0.1) is 0 Å². The Morgan fingerprint density at radius 2 is 2.25 bits per heavy atom. The third-order valence-corrected chi connectivity index (χ3v) is 2.00. The maximum atomic E-state index is 5.76. The number of nitrogen functional groups attached to an aromatic ring is 1. The fraction of sp³-hybridized carbons (Fsp3) is 0.200. The standard InChI is InChI=1S/C10H12BrN/c1-8-4-5-10(12)9(7-8)3-2-6-11/h2-5,7H,6,12H2,1H3. The Hall–Kier alpha value is -0.760. The highest BCUT2D eigenvalue weighted by molar-refractivity contribution is 9.09. The van der Waals surface area contributed by atoms with Crippen LogP contribution in [0.3, 0.4) is 0 Å². The molecule has 0 aliphatic rings. The summed E-state index contributed by atoms with van der Waals surface area (Å²) in [5.74, 6) is 0. The molecular formula is C10H12BrN. The quantitative estimate of drug-likeness (QED) is 0.608. The molecule has 0 bridgehead atoms. The van der Waals surface area contributed by atoms with Gasteiger partial charge in [0.15, 0.2) is 0 Å². The molecule has 0 aliphatic heterocycles. The number of nitrogens with two attached hydrogens (primary N) is 1. The molecule has 0 atom stereocenters. The lowest BCUT2D eigenvalue weighted by molar-refractivity contribution is 1.46. The van der Waals surface area contributed by atoms with Crippen LogP contribution in [0.2, 0.25) is 0 Å². The molecule has 0 amide bonds. The monoisotopic (exact) mass is 225 g/mol. The average molecular weight is 226 g/mol. The highest BCUT2D eigenvalue weighted by Crippen LogP contribution is 2.15.